The predicted molar refractivity (Wildman–Crippen MR) is 127 cm³/mol. The summed E-state index contributed by atoms with van der Waals surface area (Å²) in [6.45, 7) is 2.87. The zero-order valence-electron chi connectivity index (χ0n) is 19.9. The lowest BCUT2D eigenvalue weighted by molar-refractivity contribution is -0.367. The highest BCUT2D eigenvalue weighted by Crippen LogP contribution is 2.54. The van der Waals surface area contributed by atoms with E-state index < -0.39 is 54.9 Å². The average Bonchev–Trinajstić information content (AvgIpc) is 3.27. The molecule has 0 fully saturated rings. The maximum absolute atomic E-state index is 14.2. The standard InChI is InChI=1S/C26H22F8O3S/c1-16(2)22(35)36-12-10-23(27,28)25(31,32)26(33,34)24(29,30)11-13-38-19-9-8-18-14-20(37-21(18)15-19)17-6-4-3-5-7-17/h3-9,14-15H,1,10-13H2,2H3. The van der Waals surface area contributed by atoms with Crippen molar-refractivity contribution >= 4 is 28.7 Å². The number of alkyl halides is 8. The van der Waals surface area contributed by atoms with Gasteiger partial charge < -0.3 is 9.15 Å². The van der Waals surface area contributed by atoms with Crippen molar-refractivity contribution < 1.29 is 49.1 Å². The van der Waals surface area contributed by atoms with Crippen LogP contribution in [0.5, 0.6) is 0 Å². The molecule has 38 heavy (non-hydrogen) atoms. The van der Waals surface area contributed by atoms with E-state index in [-0.39, 0.29) is 5.57 Å². The number of rotatable bonds is 12. The number of hydrogen-bond acceptors (Lipinski definition) is 4. The fourth-order valence-corrected chi connectivity index (χ4v) is 4.26. The van der Waals surface area contributed by atoms with E-state index in [9.17, 15) is 39.9 Å². The highest BCUT2D eigenvalue weighted by molar-refractivity contribution is 7.99. The average molecular weight is 567 g/mol. The predicted octanol–water partition coefficient (Wildman–Crippen LogP) is 8.63. The first kappa shape index (κ1) is 29.5. The summed E-state index contributed by atoms with van der Waals surface area (Å²) in [5.41, 5.74) is 0.910. The number of fused-ring (bicyclic) bond motifs is 1. The van der Waals surface area contributed by atoms with Gasteiger partial charge in [0.05, 0.1) is 13.0 Å². The summed E-state index contributed by atoms with van der Waals surface area (Å²) >= 11 is 0.650. The molecule has 0 unspecified atom stereocenters. The molecular formula is C26H22F8O3S. The third-order valence-electron chi connectivity index (χ3n) is 5.55. The highest BCUT2D eigenvalue weighted by atomic mass is 32.2. The summed E-state index contributed by atoms with van der Waals surface area (Å²) in [4.78, 5) is 11.5. The zero-order valence-corrected chi connectivity index (χ0v) is 20.7. The van der Waals surface area contributed by atoms with Crippen LogP contribution in [0.3, 0.4) is 0 Å². The number of carbonyl (C=O) groups is 1. The Labute approximate surface area is 216 Å². The Bertz CT molecular complexity index is 1290. The van der Waals surface area contributed by atoms with Crippen LogP contribution >= 0.6 is 11.8 Å². The van der Waals surface area contributed by atoms with E-state index in [4.69, 9.17) is 4.42 Å². The SMILES string of the molecule is C=C(C)C(=O)OCCC(F)(F)C(F)(F)C(F)(F)C(F)(F)CCSc1ccc2cc(-c3ccccc3)oc2c1. The molecule has 0 atom stereocenters. The topological polar surface area (TPSA) is 39.4 Å². The summed E-state index contributed by atoms with van der Waals surface area (Å²) in [5.74, 6) is -25.4. The summed E-state index contributed by atoms with van der Waals surface area (Å²) < 4.78 is 123. The van der Waals surface area contributed by atoms with Crippen molar-refractivity contribution in [3.05, 3.63) is 66.7 Å². The molecule has 2 aromatic carbocycles. The van der Waals surface area contributed by atoms with Crippen molar-refractivity contribution in [1.82, 2.24) is 0 Å². The Morgan fingerprint density at radius 3 is 2.11 bits per heavy atom. The van der Waals surface area contributed by atoms with Crippen LogP contribution in [0, 0.1) is 0 Å². The molecule has 12 heteroatoms. The second kappa shape index (κ2) is 11.0. The van der Waals surface area contributed by atoms with Crippen molar-refractivity contribution in [2.75, 3.05) is 12.4 Å². The molecule has 3 nitrogen and oxygen atoms in total. The fourth-order valence-electron chi connectivity index (χ4n) is 3.31. The number of carbonyl (C=O) groups excluding carboxylic acids is 1. The van der Waals surface area contributed by atoms with Gasteiger partial charge in [0.2, 0.25) is 0 Å². The van der Waals surface area contributed by atoms with E-state index in [1.165, 1.54) is 12.1 Å². The van der Waals surface area contributed by atoms with Crippen LogP contribution in [0.2, 0.25) is 0 Å². The molecule has 3 rings (SSSR count). The molecule has 0 saturated carbocycles. The second-order valence-corrected chi connectivity index (χ2v) is 9.67. The van der Waals surface area contributed by atoms with Gasteiger partial charge in [0.1, 0.15) is 11.3 Å². The van der Waals surface area contributed by atoms with Crippen LogP contribution in [-0.4, -0.2) is 42.0 Å². The molecule has 0 aliphatic carbocycles. The third kappa shape index (κ3) is 6.00. The minimum absolute atomic E-state index is 0.253. The van der Waals surface area contributed by atoms with Crippen LogP contribution in [0.25, 0.3) is 22.3 Å². The molecule has 1 heterocycles. The summed E-state index contributed by atoms with van der Waals surface area (Å²) in [5, 5.41) is 0.681. The number of esters is 1. The minimum atomic E-state index is -6.43. The van der Waals surface area contributed by atoms with Gasteiger partial charge in [0.15, 0.2) is 0 Å². The molecular weight excluding hydrogens is 544 g/mol. The lowest BCUT2D eigenvalue weighted by Crippen LogP contribution is -2.62. The lowest BCUT2D eigenvalue weighted by atomic mass is 9.95. The van der Waals surface area contributed by atoms with Gasteiger partial charge in [-0.1, -0.05) is 36.9 Å². The van der Waals surface area contributed by atoms with Gasteiger partial charge in [-0.15, -0.1) is 11.8 Å². The maximum Gasteiger partial charge on any atom is 0.378 e. The van der Waals surface area contributed by atoms with Crippen LogP contribution in [0.15, 0.2) is 76.1 Å². The Balaban J connectivity index is 1.65. The quantitative estimate of drug-likeness (QED) is 0.0953. The summed E-state index contributed by atoms with van der Waals surface area (Å²) in [6, 6.07) is 15.4. The Kier molecular flexibility index (Phi) is 8.55. The first-order valence-electron chi connectivity index (χ1n) is 11.1. The first-order valence-corrected chi connectivity index (χ1v) is 12.1. The number of ether oxygens (including phenoxy) is 1. The second-order valence-electron chi connectivity index (χ2n) is 8.50. The molecule has 0 aliphatic rings. The molecule has 0 radical (unpaired) electrons. The van der Waals surface area contributed by atoms with Crippen LogP contribution < -0.4 is 0 Å². The number of furan rings is 1. The van der Waals surface area contributed by atoms with Gasteiger partial charge >= 0.3 is 29.7 Å². The molecule has 1 aromatic heterocycles. The van der Waals surface area contributed by atoms with Crippen molar-refractivity contribution in [3.8, 4) is 11.3 Å². The monoisotopic (exact) mass is 566 g/mol. The van der Waals surface area contributed by atoms with Crippen LogP contribution in [-0.2, 0) is 9.53 Å². The van der Waals surface area contributed by atoms with Crippen molar-refractivity contribution in [3.63, 3.8) is 0 Å². The Morgan fingerprint density at radius 1 is 0.895 bits per heavy atom. The van der Waals surface area contributed by atoms with Crippen molar-refractivity contribution in [1.29, 1.82) is 0 Å². The van der Waals surface area contributed by atoms with Crippen molar-refractivity contribution in [2.24, 2.45) is 0 Å². The van der Waals surface area contributed by atoms with Crippen LogP contribution in [0.1, 0.15) is 19.8 Å². The van der Waals surface area contributed by atoms with Gasteiger partial charge in [-0.25, -0.2) is 4.79 Å². The van der Waals surface area contributed by atoms with E-state index in [1.807, 2.05) is 18.2 Å². The molecule has 0 bridgehead atoms. The van der Waals surface area contributed by atoms with Crippen molar-refractivity contribution in [2.45, 2.75) is 48.4 Å². The highest BCUT2D eigenvalue weighted by Gasteiger charge is 2.79. The van der Waals surface area contributed by atoms with Gasteiger partial charge in [-0.05, 0) is 31.2 Å². The summed E-state index contributed by atoms with van der Waals surface area (Å²) in [6.07, 6.45) is -3.90. The third-order valence-corrected chi connectivity index (χ3v) is 6.54. The maximum atomic E-state index is 14.2. The molecule has 0 aliphatic heterocycles. The molecule has 0 amide bonds. The number of thioether (sulfide) groups is 1. The smallest absolute Gasteiger partial charge is 0.378 e. The molecule has 3 aromatic rings. The van der Waals surface area contributed by atoms with E-state index in [0.29, 0.717) is 33.4 Å². The minimum Gasteiger partial charge on any atom is -0.462 e. The van der Waals surface area contributed by atoms with E-state index in [2.05, 4.69) is 11.3 Å². The van der Waals surface area contributed by atoms with E-state index >= 15 is 0 Å². The largest absolute Gasteiger partial charge is 0.462 e. The number of benzene rings is 2. The molecule has 0 spiro atoms. The number of halogens is 8. The van der Waals surface area contributed by atoms with E-state index in [1.54, 1.807) is 24.3 Å². The molecule has 206 valence electrons. The fraction of sp³-hybridized carbons (Fsp3) is 0.346. The first-order chi connectivity index (χ1) is 17.6. The lowest BCUT2D eigenvalue weighted by Gasteiger charge is -2.36. The Hall–Kier alpha value is -3.02. The van der Waals surface area contributed by atoms with Gasteiger partial charge in [0, 0.05) is 33.6 Å². The molecule has 0 saturated heterocycles. The number of hydrogen-bond donors (Lipinski definition) is 0. The van der Waals surface area contributed by atoms with E-state index in [0.717, 1.165) is 12.5 Å². The van der Waals surface area contributed by atoms with Gasteiger partial charge in [0.25, 0.3) is 0 Å². The Morgan fingerprint density at radius 2 is 1.50 bits per heavy atom. The van der Waals surface area contributed by atoms with Crippen LogP contribution in [0.4, 0.5) is 35.1 Å². The zero-order chi connectivity index (χ0) is 28.4. The molecule has 0 N–H and O–H groups in total. The summed E-state index contributed by atoms with van der Waals surface area (Å²) in [7, 11) is 0. The van der Waals surface area contributed by atoms with Gasteiger partial charge in [-0.2, -0.15) is 35.1 Å². The van der Waals surface area contributed by atoms with Gasteiger partial charge in [-0.3, -0.25) is 0 Å². The normalized spacial score (nSPS) is 13.1.